The van der Waals surface area contributed by atoms with Gasteiger partial charge >= 0.3 is 0 Å². The number of rotatable bonds is 2. The Labute approximate surface area is 127 Å². The van der Waals surface area contributed by atoms with Crippen LogP contribution in [0.15, 0.2) is 0 Å². The van der Waals surface area contributed by atoms with Gasteiger partial charge in [-0.1, -0.05) is 0 Å². The Morgan fingerprint density at radius 3 is 2.38 bits per heavy atom. The number of likely N-dealkylation sites (tertiary alicyclic amines) is 1. The van der Waals surface area contributed by atoms with Crippen molar-refractivity contribution in [3.63, 3.8) is 0 Å². The molecule has 5 saturated heterocycles. The van der Waals surface area contributed by atoms with Crippen molar-refractivity contribution in [2.45, 2.75) is 37.8 Å². The summed E-state index contributed by atoms with van der Waals surface area (Å²) in [5, 5.41) is 3.34. The maximum absolute atomic E-state index is 12.9. The number of hydrogen-bond donors (Lipinski definition) is 1. The highest BCUT2D eigenvalue weighted by Crippen LogP contribution is 2.35. The van der Waals surface area contributed by atoms with Crippen LogP contribution in [0.2, 0.25) is 0 Å². The van der Waals surface area contributed by atoms with Crippen molar-refractivity contribution >= 4 is 5.91 Å². The molecule has 1 N–H and O–H groups in total. The van der Waals surface area contributed by atoms with Crippen molar-refractivity contribution in [1.82, 2.24) is 20.0 Å². The van der Waals surface area contributed by atoms with E-state index in [2.05, 4.69) is 20.0 Å². The fraction of sp³-hybridized carbons (Fsp3) is 0.938. The predicted octanol–water partition coefficient (Wildman–Crippen LogP) is -0.0232. The van der Waals surface area contributed by atoms with E-state index in [4.69, 9.17) is 0 Å². The molecule has 0 aromatic carbocycles. The van der Waals surface area contributed by atoms with Crippen LogP contribution in [0.5, 0.6) is 0 Å². The van der Waals surface area contributed by atoms with Crippen molar-refractivity contribution in [2.75, 3.05) is 52.4 Å². The van der Waals surface area contributed by atoms with Gasteiger partial charge in [-0.3, -0.25) is 9.69 Å². The van der Waals surface area contributed by atoms with E-state index in [0.717, 1.165) is 45.1 Å². The van der Waals surface area contributed by atoms with Gasteiger partial charge in [-0.2, -0.15) is 0 Å². The Morgan fingerprint density at radius 2 is 1.71 bits per heavy atom. The highest BCUT2D eigenvalue weighted by Gasteiger charge is 2.44. The monoisotopic (exact) mass is 292 g/mol. The highest BCUT2D eigenvalue weighted by atomic mass is 16.2. The molecule has 5 nitrogen and oxygen atoms in total. The third kappa shape index (κ3) is 2.60. The third-order valence-corrected chi connectivity index (χ3v) is 6.06. The van der Waals surface area contributed by atoms with E-state index in [1.165, 1.54) is 38.9 Å². The maximum atomic E-state index is 12.9. The van der Waals surface area contributed by atoms with Crippen molar-refractivity contribution in [1.29, 1.82) is 0 Å². The molecule has 1 amide bonds. The molecule has 2 bridgehead atoms. The van der Waals surface area contributed by atoms with E-state index >= 15 is 0 Å². The summed E-state index contributed by atoms with van der Waals surface area (Å²) in [6.07, 6.45) is 4.96. The molecule has 5 aliphatic heterocycles. The summed E-state index contributed by atoms with van der Waals surface area (Å²) in [5.41, 5.74) is 0. The lowest BCUT2D eigenvalue weighted by Crippen LogP contribution is -2.61. The number of nitrogens with zero attached hydrogens (tertiary/aromatic N) is 3. The van der Waals surface area contributed by atoms with Gasteiger partial charge in [0.05, 0.1) is 6.04 Å². The molecule has 5 heteroatoms. The van der Waals surface area contributed by atoms with Crippen LogP contribution in [0.3, 0.4) is 0 Å². The topological polar surface area (TPSA) is 38.8 Å². The number of amides is 1. The van der Waals surface area contributed by atoms with Crippen LogP contribution < -0.4 is 5.32 Å². The van der Waals surface area contributed by atoms with Crippen LogP contribution in [-0.4, -0.2) is 85.0 Å². The van der Waals surface area contributed by atoms with Gasteiger partial charge in [0, 0.05) is 38.8 Å². The summed E-state index contributed by atoms with van der Waals surface area (Å²) in [5.74, 6) is 1.25. The summed E-state index contributed by atoms with van der Waals surface area (Å²) >= 11 is 0. The number of fused-ring (bicyclic) bond motifs is 3. The number of hydrogen-bond acceptors (Lipinski definition) is 4. The minimum Gasteiger partial charge on any atom is -0.339 e. The first-order chi connectivity index (χ1) is 10.3. The van der Waals surface area contributed by atoms with E-state index in [-0.39, 0.29) is 6.04 Å². The Bertz CT molecular complexity index is 388. The molecule has 0 spiro atoms. The molecule has 2 unspecified atom stereocenters. The van der Waals surface area contributed by atoms with E-state index in [1.54, 1.807) is 0 Å². The Hall–Kier alpha value is -0.650. The number of piperazine rings is 1. The summed E-state index contributed by atoms with van der Waals surface area (Å²) in [7, 11) is 0. The van der Waals surface area contributed by atoms with E-state index in [9.17, 15) is 4.79 Å². The smallest absolute Gasteiger partial charge is 0.240 e. The molecular formula is C16H28N4O. The predicted molar refractivity (Wildman–Crippen MR) is 82.1 cm³/mol. The fourth-order valence-electron chi connectivity index (χ4n) is 4.86. The van der Waals surface area contributed by atoms with E-state index in [1.807, 2.05) is 0 Å². The largest absolute Gasteiger partial charge is 0.339 e. The van der Waals surface area contributed by atoms with Crippen LogP contribution in [0.25, 0.3) is 0 Å². The van der Waals surface area contributed by atoms with Crippen molar-refractivity contribution in [2.24, 2.45) is 5.92 Å². The molecule has 5 rings (SSSR count). The van der Waals surface area contributed by atoms with Crippen LogP contribution in [-0.2, 0) is 4.79 Å². The van der Waals surface area contributed by atoms with Gasteiger partial charge in [-0.25, -0.2) is 0 Å². The lowest BCUT2D eigenvalue weighted by atomic mass is 9.83. The molecule has 2 atom stereocenters. The summed E-state index contributed by atoms with van der Waals surface area (Å²) < 4.78 is 0. The molecule has 5 aliphatic rings. The molecule has 5 heterocycles. The lowest BCUT2D eigenvalue weighted by Gasteiger charge is -2.49. The second-order valence-electron chi connectivity index (χ2n) is 7.18. The molecule has 0 aromatic heterocycles. The SMILES string of the molecule is O=C(C1CCCN1C1CN2CCC1CC2)N1CCNCC1. The molecule has 0 radical (unpaired) electrons. The minimum atomic E-state index is 0.175. The lowest BCUT2D eigenvalue weighted by molar-refractivity contribution is -0.138. The minimum absolute atomic E-state index is 0.175. The van der Waals surface area contributed by atoms with E-state index in [0.29, 0.717) is 11.9 Å². The van der Waals surface area contributed by atoms with Crippen molar-refractivity contribution in [3.8, 4) is 0 Å². The zero-order chi connectivity index (χ0) is 14.2. The van der Waals surface area contributed by atoms with Gasteiger partial charge in [0.2, 0.25) is 5.91 Å². The van der Waals surface area contributed by atoms with Crippen molar-refractivity contribution in [3.05, 3.63) is 0 Å². The summed E-state index contributed by atoms with van der Waals surface area (Å²) in [6.45, 7) is 8.60. The van der Waals surface area contributed by atoms with Gasteiger partial charge in [0.15, 0.2) is 0 Å². The second-order valence-corrected chi connectivity index (χ2v) is 7.18. The number of nitrogens with one attached hydrogen (secondary N) is 1. The first-order valence-electron chi connectivity index (χ1n) is 8.80. The molecule has 0 aliphatic carbocycles. The van der Waals surface area contributed by atoms with Crippen LogP contribution >= 0.6 is 0 Å². The molecule has 5 fully saturated rings. The number of piperidine rings is 3. The fourth-order valence-corrected chi connectivity index (χ4v) is 4.86. The van der Waals surface area contributed by atoms with Crippen LogP contribution in [0.4, 0.5) is 0 Å². The molecule has 118 valence electrons. The Kier molecular flexibility index (Phi) is 3.90. The average Bonchev–Trinajstić information content (AvgIpc) is 3.05. The zero-order valence-electron chi connectivity index (χ0n) is 13.0. The van der Waals surface area contributed by atoms with Gasteiger partial charge in [-0.05, 0) is 51.2 Å². The zero-order valence-corrected chi connectivity index (χ0v) is 13.0. The number of carbonyl (C=O) groups is 1. The van der Waals surface area contributed by atoms with Gasteiger partial charge < -0.3 is 15.1 Å². The highest BCUT2D eigenvalue weighted by molar-refractivity contribution is 5.82. The Balaban J connectivity index is 1.46. The summed E-state index contributed by atoms with van der Waals surface area (Å²) in [6, 6.07) is 0.820. The first kappa shape index (κ1) is 14.0. The molecule has 0 saturated carbocycles. The molecule has 21 heavy (non-hydrogen) atoms. The average molecular weight is 292 g/mol. The van der Waals surface area contributed by atoms with Gasteiger partial charge in [0.25, 0.3) is 0 Å². The maximum Gasteiger partial charge on any atom is 0.240 e. The van der Waals surface area contributed by atoms with E-state index < -0.39 is 0 Å². The molecule has 0 aromatic rings. The third-order valence-electron chi connectivity index (χ3n) is 6.06. The summed E-state index contributed by atoms with van der Waals surface area (Å²) in [4.78, 5) is 20.2. The normalized spacial score (nSPS) is 40.7. The quantitative estimate of drug-likeness (QED) is 0.776. The van der Waals surface area contributed by atoms with Crippen LogP contribution in [0.1, 0.15) is 25.7 Å². The van der Waals surface area contributed by atoms with Crippen molar-refractivity contribution < 1.29 is 4.79 Å². The van der Waals surface area contributed by atoms with Gasteiger partial charge in [0.1, 0.15) is 0 Å². The number of carbonyl (C=O) groups excluding carboxylic acids is 1. The first-order valence-corrected chi connectivity index (χ1v) is 8.80. The standard InChI is InChI=1S/C16H28N4O/c21-16(19-10-5-17-6-11-19)14-2-1-7-20(14)15-12-18-8-3-13(15)4-9-18/h13-15,17H,1-12H2. The Morgan fingerprint density at radius 1 is 0.952 bits per heavy atom. The van der Waals surface area contributed by atoms with Gasteiger partial charge in [-0.15, -0.1) is 0 Å². The molecular weight excluding hydrogens is 264 g/mol. The van der Waals surface area contributed by atoms with Crippen LogP contribution in [0, 0.1) is 5.92 Å². The second kappa shape index (κ2) is 5.86.